The zero-order chi connectivity index (χ0) is 19.5. The minimum atomic E-state index is -0.107. The van der Waals surface area contributed by atoms with Crippen molar-refractivity contribution in [3.8, 4) is 17.2 Å². The smallest absolute Gasteiger partial charge is 0.164 e. The van der Waals surface area contributed by atoms with E-state index in [1.807, 2.05) is 0 Å². The van der Waals surface area contributed by atoms with Crippen LogP contribution in [0.25, 0.3) is 0 Å². The molecule has 0 aromatic heterocycles. The summed E-state index contributed by atoms with van der Waals surface area (Å²) in [6.07, 6.45) is 16.0. The van der Waals surface area contributed by atoms with E-state index in [1.54, 1.807) is 6.07 Å². The van der Waals surface area contributed by atoms with E-state index in [9.17, 15) is 15.3 Å². The van der Waals surface area contributed by atoms with Gasteiger partial charge in [-0.1, -0.05) is 39.5 Å². The summed E-state index contributed by atoms with van der Waals surface area (Å²) < 4.78 is 0. The van der Waals surface area contributed by atoms with Gasteiger partial charge in [-0.15, -0.1) is 0 Å². The van der Waals surface area contributed by atoms with Crippen LogP contribution < -0.4 is 0 Å². The van der Waals surface area contributed by atoms with Gasteiger partial charge in [0.2, 0.25) is 0 Å². The molecule has 2 aliphatic carbocycles. The Hall–Kier alpha value is -1.38. The largest absolute Gasteiger partial charge is 0.508 e. The molecule has 2 saturated carbocycles. The minimum absolute atomic E-state index is 0.0255. The first kappa shape index (κ1) is 20.4. The second-order valence-electron chi connectivity index (χ2n) is 9.97. The van der Waals surface area contributed by atoms with Gasteiger partial charge in [0.15, 0.2) is 11.5 Å². The summed E-state index contributed by atoms with van der Waals surface area (Å²) in [6.45, 7) is 4.71. The second-order valence-corrected chi connectivity index (χ2v) is 9.97. The van der Waals surface area contributed by atoms with Crippen LogP contribution in [-0.4, -0.2) is 15.3 Å². The second kappa shape index (κ2) is 8.32. The van der Waals surface area contributed by atoms with Crippen LogP contribution in [0, 0.1) is 10.8 Å². The van der Waals surface area contributed by atoms with Gasteiger partial charge in [0.1, 0.15) is 5.75 Å². The standard InChI is InChI=1S/C24H38O3/c1-23(13-14-23)11-7-4-3-5-9-18-17-20(25)19(22(27)21(18)26)10-6-8-12-24(2)15-16-24/h17,25-27H,3-16H2,1-2H3. The van der Waals surface area contributed by atoms with Crippen molar-refractivity contribution in [3.63, 3.8) is 0 Å². The molecular weight excluding hydrogens is 336 g/mol. The molecule has 1 aromatic carbocycles. The predicted octanol–water partition coefficient (Wildman–Crippen LogP) is 6.61. The molecule has 3 rings (SSSR count). The van der Waals surface area contributed by atoms with Gasteiger partial charge in [0.05, 0.1) is 0 Å². The lowest BCUT2D eigenvalue weighted by Crippen LogP contribution is -1.96. The van der Waals surface area contributed by atoms with E-state index in [1.165, 1.54) is 51.4 Å². The summed E-state index contributed by atoms with van der Waals surface area (Å²) in [4.78, 5) is 0. The van der Waals surface area contributed by atoms with Gasteiger partial charge >= 0.3 is 0 Å². The Balaban J connectivity index is 1.42. The van der Waals surface area contributed by atoms with Crippen LogP contribution in [0.2, 0.25) is 0 Å². The fourth-order valence-corrected chi connectivity index (χ4v) is 4.17. The molecule has 0 atom stereocenters. The van der Waals surface area contributed by atoms with Crippen molar-refractivity contribution in [1.82, 2.24) is 0 Å². The van der Waals surface area contributed by atoms with Crippen LogP contribution in [-0.2, 0) is 12.8 Å². The average Bonchev–Trinajstić information content (AvgIpc) is 3.54. The molecule has 3 heteroatoms. The fourth-order valence-electron chi connectivity index (χ4n) is 4.17. The van der Waals surface area contributed by atoms with E-state index in [4.69, 9.17) is 0 Å². The first-order chi connectivity index (χ1) is 12.8. The van der Waals surface area contributed by atoms with E-state index in [2.05, 4.69) is 13.8 Å². The number of hydrogen-bond acceptors (Lipinski definition) is 3. The first-order valence-corrected chi connectivity index (χ1v) is 11.1. The number of rotatable bonds is 12. The van der Waals surface area contributed by atoms with E-state index in [0.29, 0.717) is 34.8 Å². The molecule has 0 bridgehead atoms. The topological polar surface area (TPSA) is 60.7 Å². The predicted molar refractivity (Wildman–Crippen MR) is 110 cm³/mol. The molecule has 152 valence electrons. The molecular formula is C24H38O3. The molecule has 2 aliphatic rings. The van der Waals surface area contributed by atoms with E-state index < -0.39 is 0 Å². The molecule has 1 aromatic rings. The van der Waals surface area contributed by atoms with Gasteiger partial charge in [0, 0.05) is 11.1 Å². The summed E-state index contributed by atoms with van der Waals surface area (Å²) in [5, 5.41) is 31.0. The highest BCUT2D eigenvalue weighted by molar-refractivity contribution is 5.56. The maximum Gasteiger partial charge on any atom is 0.164 e. The summed E-state index contributed by atoms with van der Waals surface area (Å²) in [6, 6.07) is 1.66. The van der Waals surface area contributed by atoms with Gasteiger partial charge in [-0.3, -0.25) is 0 Å². The van der Waals surface area contributed by atoms with Crippen LogP contribution in [0.4, 0.5) is 0 Å². The summed E-state index contributed by atoms with van der Waals surface area (Å²) >= 11 is 0. The van der Waals surface area contributed by atoms with Crippen LogP contribution >= 0.6 is 0 Å². The maximum atomic E-state index is 10.4. The van der Waals surface area contributed by atoms with Crippen molar-refractivity contribution >= 4 is 0 Å². The van der Waals surface area contributed by atoms with Crippen molar-refractivity contribution in [3.05, 3.63) is 17.2 Å². The molecule has 3 N–H and O–H groups in total. The Bertz CT molecular complexity index is 642. The molecule has 0 saturated heterocycles. The van der Waals surface area contributed by atoms with Gasteiger partial charge in [-0.05, 0) is 81.1 Å². The molecule has 0 unspecified atom stereocenters. The maximum absolute atomic E-state index is 10.4. The van der Waals surface area contributed by atoms with Crippen LogP contribution in [0.5, 0.6) is 17.2 Å². The summed E-state index contributed by atoms with van der Waals surface area (Å²) in [5.41, 5.74) is 2.37. The lowest BCUT2D eigenvalue weighted by molar-refractivity contribution is 0.382. The van der Waals surface area contributed by atoms with Gasteiger partial charge in [0.25, 0.3) is 0 Å². The van der Waals surface area contributed by atoms with Crippen molar-refractivity contribution in [2.24, 2.45) is 10.8 Å². The highest BCUT2D eigenvalue weighted by Crippen LogP contribution is 2.50. The third-order valence-corrected chi connectivity index (χ3v) is 7.08. The minimum Gasteiger partial charge on any atom is -0.508 e. The average molecular weight is 375 g/mol. The highest BCUT2D eigenvalue weighted by Gasteiger charge is 2.36. The van der Waals surface area contributed by atoms with Crippen molar-refractivity contribution < 1.29 is 15.3 Å². The van der Waals surface area contributed by atoms with E-state index in [0.717, 1.165) is 25.7 Å². The third kappa shape index (κ3) is 5.80. The van der Waals surface area contributed by atoms with Crippen molar-refractivity contribution in [2.75, 3.05) is 0 Å². The monoisotopic (exact) mass is 374 g/mol. The zero-order valence-corrected chi connectivity index (χ0v) is 17.3. The normalized spacial score (nSPS) is 19.2. The highest BCUT2D eigenvalue weighted by atomic mass is 16.3. The number of phenols is 3. The van der Waals surface area contributed by atoms with Crippen molar-refractivity contribution in [1.29, 1.82) is 0 Å². The number of aryl methyl sites for hydroxylation is 1. The van der Waals surface area contributed by atoms with Crippen LogP contribution in [0.1, 0.15) is 102 Å². The quantitative estimate of drug-likeness (QED) is 0.219. The molecule has 0 radical (unpaired) electrons. The first-order valence-electron chi connectivity index (χ1n) is 11.1. The lowest BCUT2D eigenvalue weighted by Gasteiger charge is -2.14. The number of unbranched alkanes of at least 4 members (excludes halogenated alkanes) is 4. The Labute approximate surface area is 164 Å². The van der Waals surface area contributed by atoms with Crippen LogP contribution in [0.3, 0.4) is 0 Å². The Kier molecular flexibility index (Phi) is 6.28. The SMILES string of the molecule is CC1(CCCCCCc2cc(O)c(CCCCC3(C)CC3)c(O)c2O)CC1. The third-order valence-electron chi connectivity index (χ3n) is 7.08. The Morgan fingerprint density at radius 1 is 0.704 bits per heavy atom. The van der Waals surface area contributed by atoms with Gasteiger partial charge < -0.3 is 15.3 Å². The number of aromatic hydroxyl groups is 3. The number of benzene rings is 1. The molecule has 0 aliphatic heterocycles. The zero-order valence-electron chi connectivity index (χ0n) is 17.3. The molecule has 0 spiro atoms. The van der Waals surface area contributed by atoms with Gasteiger partial charge in [-0.25, -0.2) is 0 Å². The molecule has 3 nitrogen and oxygen atoms in total. The molecule has 2 fully saturated rings. The fraction of sp³-hybridized carbons (Fsp3) is 0.750. The summed E-state index contributed by atoms with van der Waals surface area (Å²) in [7, 11) is 0. The lowest BCUT2D eigenvalue weighted by atomic mass is 9.96. The molecule has 27 heavy (non-hydrogen) atoms. The van der Waals surface area contributed by atoms with Crippen LogP contribution in [0.15, 0.2) is 6.07 Å². The number of hydrogen-bond donors (Lipinski definition) is 3. The Morgan fingerprint density at radius 2 is 1.22 bits per heavy atom. The molecule has 0 amide bonds. The van der Waals surface area contributed by atoms with Crippen molar-refractivity contribution in [2.45, 2.75) is 104 Å². The number of phenolic OH excluding ortho intramolecular Hbond substituents is 3. The Morgan fingerprint density at radius 3 is 1.81 bits per heavy atom. The van der Waals surface area contributed by atoms with Gasteiger partial charge in [-0.2, -0.15) is 0 Å². The summed E-state index contributed by atoms with van der Waals surface area (Å²) in [5.74, 6) is 0.00586. The van der Waals surface area contributed by atoms with E-state index in [-0.39, 0.29) is 17.2 Å². The molecule has 0 heterocycles. The van der Waals surface area contributed by atoms with E-state index >= 15 is 0 Å².